The van der Waals surface area contributed by atoms with Crippen molar-refractivity contribution >= 4 is 5.71 Å². The molecule has 0 aliphatic carbocycles. The van der Waals surface area contributed by atoms with E-state index in [9.17, 15) is 0 Å². The lowest BCUT2D eigenvalue weighted by Crippen LogP contribution is -2.29. The minimum Gasteiger partial charge on any atom is -0.320 e. The fraction of sp³-hybridized carbons (Fsp3) is 0.786. The molecule has 0 amide bonds. The van der Waals surface area contributed by atoms with Crippen LogP contribution in [0.1, 0.15) is 32.1 Å². The molecule has 98 valence electrons. The average Bonchev–Trinajstić information content (AvgIpc) is 2.39. The smallest absolute Gasteiger partial charge is 0.0404 e. The number of nitrogens with zero attached hydrogens (tertiary/aromatic N) is 1. The zero-order chi connectivity index (χ0) is 12.3. The molecule has 2 N–H and O–H groups in total. The third-order valence-electron chi connectivity index (χ3n) is 3.34. The molecule has 1 unspecified atom stereocenters. The molecular formula is C14H27N3. The van der Waals surface area contributed by atoms with E-state index in [4.69, 9.17) is 0 Å². The monoisotopic (exact) mass is 237 g/mol. The van der Waals surface area contributed by atoms with E-state index in [0.29, 0.717) is 0 Å². The van der Waals surface area contributed by atoms with Gasteiger partial charge in [0.1, 0.15) is 0 Å². The summed E-state index contributed by atoms with van der Waals surface area (Å²) in [6.45, 7) is 8.21. The van der Waals surface area contributed by atoms with Crippen LogP contribution < -0.4 is 10.6 Å². The van der Waals surface area contributed by atoms with Crippen LogP contribution in [0.2, 0.25) is 0 Å². The minimum atomic E-state index is 0.839. The molecule has 1 atom stereocenters. The minimum absolute atomic E-state index is 0.839. The highest BCUT2D eigenvalue weighted by atomic mass is 14.9. The molecule has 3 heteroatoms. The Morgan fingerprint density at radius 1 is 1.59 bits per heavy atom. The molecule has 0 saturated carbocycles. The van der Waals surface area contributed by atoms with E-state index >= 15 is 0 Å². The Hall–Kier alpha value is -0.670. The van der Waals surface area contributed by atoms with E-state index in [1.54, 1.807) is 0 Å². The second-order valence-electron chi connectivity index (χ2n) is 4.79. The van der Waals surface area contributed by atoms with Crippen molar-refractivity contribution in [3.8, 4) is 0 Å². The number of hydrogen-bond acceptors (Lipinski definition) is 3. The maximum absolute atomic E-state index is 4.60. The molecule has 1 aliphatic heterocycles. The molecule has 0 spiro atoms. The van der Waals surface area contributed by atoms with Crippen molar-refractivity contribution in [3.05, 3.63) is 12.7 Å². The van der Waals surface area contributed by atoms with Crippen molar-refractivity contribution in [1.82, 2.24) is 10.6 Å². The number of piperidine rings is 1. The first-order chi connectivity index (χ1) is 8.36. The molecule has 0 aromatic heterocycles. The summed E-state index contributed by atoms with van der Waals surface area (Å²) in [5, 5.41) is 6.60. The van der Waals surface area contributed by atoms with Gasteiger partial charge >= 0.3 is 0 Å². The predicted molar refractivity (Wildman–Crippen MR) is 75.9 cm³/mol. The summed E-state index contributed by atoms with van der Waals surface area (Å²) in [4.78, 5) is 4.60. The Morgan fingerprint density at radius 2 is 2.47 bits per heavy atom. The SMILES string of the molecule is C=CC(CCC1CCCNC1)=NCCCNC. The summed E-state index contributed by atoms with van der Waals surface area (Å²) in [6.07, 6.45) is 8.08. The van der Waals surface area contributed by atoms with Crippen LogP contribution >= 0.6 is 0 Å². The topological polar surface area (TPSA) is 36.4 Å². The highest BCUT2D eigenvalue weighted by Gasteiger charge is 2.12. The van der Waals surface area contributed by atoms with E-state index < -0.39 is 0 Å². The van der Waals surface area contributed by atoms with Crippen LogP contribution in [-0.4, -0.2) is 38.9 Å². The van der Waals surface area contributed by atoms with Gasteiger partial charge < -0.3 is 10.6 Å². The largest absolute Gasteiger partial charge is 0.320 e. The number of aliphatic imine (C=N–C) groups is 1. The number of nitrogens with one attached hydrogen (secondary N) is 2. The van der Waals surface area contributed by atoms with Gasteiger partial charge in [-0.2, -0.15) is 0 Å². The molecule has 1 saturated heterocycles. The van der Waals surface area contributed by atoms with Crippen LogP contribution in [-0.2, 0) is 0 Å². The van der Waals surface area contributed by atoms with Gasteiger partial charge in [-0.15, -0.1) is 0 Å². The van der Waals surface area contributed by atoms with Crippen molar-refractivity contribution in [2.75, 3.05) is 33.2 Å². The molecule has 1 fully saturated rings. The molecule has 0 aromatic carbocycles. The zero-order valence-electron chi connectivity index (χ0n) is 11.2. The van der Waals surface area contributed by atoms with E-state index in [-0.39, 0.29) is 0 Å². The molecule has 17 heavy (non-hydrogen) atoms. The third kappa shape index (κ3) is 6.59. The predicted octanol–water partition coefficient (Wildman–Crippen LogP) is 2.00. The van der Waals surface area contributed by atoms with Gasteiger partial charge in [-0.1, -0.05) is 6.58 Å². The summed E-state index contributed by atoms with van der Waals surface area (Å²) in [7, 11) is 1.98. The van der Waals surface area contributed by atoms with Gasteiger partial charge in [-0.25, -0.2) is 0 Å². The van der Waals surface area contributed by atoms with E-state index in [1.807, 2.05) is 13.1 Å². The Kier molecular flexibility index (Phi) is 7.93. The lowest BCUT2D eigenvalue weighted by Gasteiger charge is -2.22. The van der Waals surface area contributed by atoms with Crippen LogP contribution in [0.3, 0.4) is 0 Å². The Labute approximate surface area is 106 Å². The fourth-order valence-electron chi connectivity index (χ4n) is 2.25. The average molecular weight is 237 g/mol. The quantitative estimate of drug-likeness (QED) is 0.500. The van der Waals surface area contributed by atoms with Gasteiger partial charge in [0.25, 0.3) is 0 Å². The molecule has 1 heterocycles. The molecular weight excluding hydrogens is 210 g/mol. The van der Waals surface area contributed by atoms with E-state index in [1.165, 1.54) is 38.1 Å². The van der Waals surface area contributed by atoms with Crippen LogP contribution in [0.4, 0.5) is 0 Å². The van der Waals surface area contributed by atoms with Crippen molar-refractivity contribution in [1.29, 1.82) is 0 Å². The molecule has 0 radical (unpaired) electrons. The summed E-state index contributed by atoms with van der Waals surface area (Å²) in [6, 6.07) is 0. The normalized spacial score (nSPS) is 21.5. The molecule has 1 aliphatic rings. The molecule has 0 aromatic rings. The van der Waals surface area contributed by atoms with Gasteiger partial charge in [0.15, 0.2) is 0 Å². The Bertz CT molecular complexity index is 230. The van der Waals surface area contributed by atoms with Gasteiger partial charge in [0.2, 0.25) is 0 Å². The fourth-order valence-corrected chi connectivity index (χ4v) is 2.25. The van der Waals surface area contributed by atoms with E-state index in [0.717, 1.165) is 31.8 Å². The molecule has 0 bridgehead atoms. The van der Waals surface area contributed by atoms with Gasteiger partial charge in [0, 0.05) is 12.3 Å². The number of rotatable bonds is 8. The maximum atomic E-state index is 4.60. The standard InChI is InChI=1S/C14H27N3/c1-3-14(17-11-5-9-15-2)8-7-13-6-4-10-16-12-13/h3,13,15-16H,1,4-12H2,2H3. The van der Waals surface area contributed by atoms with Crippen molar-refractivity contribution in [3.63, 3.8) is 0 Å². The van der Waals surface area contributed by atoms with Crippen LogP contribution in [0.5, 0.6) is 0 Å². The Balaban J connectivity index is 2.18. The third-order valence-corrected chi connectivity index (χ3v) is 3.34. The first-order valence-electron chi connectivity index (χ1n) is 6.88. The summed E-state index contributed by atoms with van der Waals surface area (Å²) in [5.74, 6) is 0.839. The second-order valence-corrected chi connectivity index (χ2v) is 4.79. The second kappa shape index (κ2) is 9.37. The van der Waals surface area contributed by atoms with Crippen LogP contribution in [0.15, 0.2) is 17.6 Å². The lowest BCUT2D eigenvalue weighted by molar-refractivity contribution is 0.362. The molecule has 3 nitrogen and oxygen atoms in total. The lowest BCUT2D eigenvalue weighted by atomic mass is 9.93. The first kappa shape index (κ1) is 14.4. The van der Waals surface area contributed by atoms with Crippen molar-refractivity contribution in [2.45, 2.75) is 32.1 Å². The van der Waals surface area contributed by atoms with Gasteiger partial charge in [-0.05, 0) is 70.8 Å². The van der Waals surface area contributed by atoms with Crippen LogP contribution in [0.25, 0.3) is 0 Å². The molecule has 1 rings (SSSR count). The summed E-state index contributed by atoms with van der Waals surface area (Å²) < 4.78 is 0. The van der Waals surface area contributed by atoms with Gasteiger partial charge in [-0.3, -0.25) is 4.99 Å². The first-order valence-corrected chi connectivity index (χ1v) is 6.88. The van der Waals surface area contributed by atoms with Crippen LogP contribution in [0, 0.1) is 5.92 Å². The number of allylic oxidation sites excluding steroid dienone is 1. The van der Waals surface area contributed by atoms with Crippen molar-refractivity contribution in [2.24, 2.45) is 10.9 Å². The summed E-state index contributed by atoms with van der Waals surface area (Å²) in [5.41, 5.74) is 1.19. The van der Waals surface area contributed by atoms with Gasteiger partial charge in [0.05, 0.1) is 0 Å². The van der Waals surface area contributed by atoms with Crippen molar-refractivity contribution < 1.29 is 0 Å². The van der Waals surface area contributed by atoms with E-state index in [2.05, 4.69) is 22.2 Å². The number of hydrogen-bond donors (Lipinski definition) is 2. The Morgan fingerprint density at radius 3 is 3.12 bits per heavy atom. The summed E-state index contributed by atoms with van der Waals surface area (Å²) >= 11 is 0. The highest BCUT2D eigenvalue weighted by molar-refractivity contribution is 5.94. The highest BCUT2D eigenvalue weighted by Crippen LogP contribution is 2.16. The maximum Gasteiger partial charge on any atom is 0.0404 e. The zero-order valence-corrected chi connectivity index (χ0v) is 11.2.